The van der Waals surface area contributed by atoms with Crippen molar-refractivity contribution < 1.29 is 4.39 Å². The molecule has 114 valence electrons. The van der Waals surface area contributed by atoms with Crippen LogP contribution in [-0.2, 0) is 18.6 Å². The number of aromatic nitrogens is 2. The van der Waals surface area contributed by atoms with Gasteiger partial charge >= 0.3 is 0 Å². The molecule has 6 heteroatoms. The third-order valence-corrected chi connectivity index (χ3v) is 6.24. The molecule has 0 atom stereocenters. The lowest BCUT2D eigenvalue weighted by molar-refractivity contribution is 0.617. The average Bonchev–Trinajstić information content (AvgIpc) is 3.14. The Labute approximate surface area is 141 Å². The van der Waals surface area contributed by atoms with Gasteiger partial charge in [0.05, 0.1) is 11.6 Å². The summed E-state index contributed by atoms with van der Waals surface area (Å²) in [5.41, 5.74) is 2.39. The minimum absolute atomic E-state index is 0.280. The Morgan fingerprint density at radius 3 is 3.09 bits per heavy atom. The van der Waals surface area contributed by atoms with Crippen molar-refractivity contribution in [2.24, 2.45) is 0 Å². The van der Waals surface area contributed by atoms with E-state index in [1.54, 1.807) is 23.7 Å². The lowest BCUT2D eigenvalue weighted by Crippen LogP contribution is -1.92. The average molecular weight is 341 g/mol. The van der Waals surface area contributed by atoms with Gasteiger partial charge in [0, 0.05) is 16.0 Å². The minimum Gasteiger partial charge on any atom is -0.229 e. The predicted molar refractivity (Wildman–Crippen MR) is 90.1 cm³/mol. The molecule has 0 spiro atoms. The molecular formula is C17H12FN3S2. The monoisotopic (exact) mass is 341 g/mol. The summed E-state index contributed by atoms with van der Waals surface area (Å²) in [5.74, 6) is 0.176. The lowest BCUT2D eigenvalue weighted by Gasteiger charge is -2.05. The fourth-order valence-corrected chi connectivity index (χ4v) is 5.20. The molecular weight excluding hydrogens is 329 g/mol. The fraction of sp³-hybridized carbons (Fsp3) is 0.235. The van der Waals surface area contributed by atoms with E-state index in [-0.39, 0.29) is 5.82 Å². The van der Waals surface area contributed by atoms with Crippen LogP contribution in [0.5, 0.6) is 0 Å². The molecule has 0 N–H and O–H groups in total. The van der Waals surface area contributed by atoms with Crippen LogP contribution in [0.3, 0.4) is 0 Å². The van der Waals surface area contributed by atoms with Gasteiger partial charge in [0.25, 0.3) is 0 Å². The summed E-state index contributed by atoms with van der Waals surface area (Å²) in [6, 6.07) is 6.51. The van der Waals surface area contributed by atoms with Crippen LogP contribution in [0.4, 0.5) is 4.39 Å². The Hall–Kier alpha value is -1.97. The number of halogens is 1. The van der Waals surface area contributed by atoms with Crippen molar-refractivity contribution >= 4 is 33.3 Å². The zero-order valence-electron chi connectivity index (χ0n) is 12.2. The van der Waals surface area contributed by atoms with Crippen LogP contribution in [0.1, 0.15) is 28.0 Å². The van der Waals surface area contributed by atoms with Crippen LogP contribution < -0.4 is 0 Å². The highest BCUT2D eigenvalue weighted by Gasteiger charge is 2.21. The van der Waals surface area contributed by atoms with Crippen molar-refractivity contribution in [3.63, 3.8) is 0 Å². The molecule has 0 bridgehead atoms. The van der Waals surface area contributed by atoms with E-state index in [0.29, 0.717) is 16.9 Å². The maximum Gasteiger partial charge on any atom is 0.128 e. The van der Waals surface area contributed by atoms with E-state index < -0.39 is 0 Å². The summed E-state index contributed by atoms with van der Waals surface area (Å²) in [6.07, 6.45) is 4.97. The Balaban J connectivity index is 1.68. The largest absolute Gasteiger partial charge is 0.229 e. The molecule has 1 aliphatic carbocycles. The molecule has 0 unspecified atom stereocenters. The molecule has 23 heavy (non-hydrogen) atoms. The summed E-state index contributed by atoms with van der Waals surface area (Å²) in [4.78, 5) is 11.2. The molecule has 0 amide bonds. The topological polar surface area (TPSA) is 49.6 Å². The highest BCUT2D eigenvalue weighted by atomic mass is 32.2. The van der Waals surface area contributed by atoms with Gasteiger partial charge in [-0.1, -0.05) is 0 Å². The minimum atomic E-state index is -0.280. The van der Waals surface area contributed by atoms with Gasteiger partial charge in [-0.15, -0.1) is 23.1 Å². The van der Waals surface area contributed by atoms with E-state index in [4.69, 9.17) is 5.26 Å². The van der Waals surface area contributed by atoms with Crippen LogP contribution in [0.25, 0.3) is 10.2 Å². The third-order valence-electron chi connectivity index (χ3n) is 4.01. The molecule has 2 heterocycles. The smallest absolute Gasteiger partial charge is 0.128 e. The number of nitrogens with zero attached hydrogens (tertiary/aromatic N) is 3. The van der Waals surface area contributed by atoms with Gasteiger partial charge < -0.3 is 0 Å². The standard InChI is InChI=1S/C17H12FN3S2/c18-13-5-4-10(7-19)6-11(13)8-22-16-15-12-2-1-3-14(12)23-17(15)21-9-20-16/h4-6,9H,1-3,8H2. The molecule has 4 rings (SSSR count). The summed E-state index contributed by atoms with van der Waals surface area (Å²) < 4.78 is 13.9. The highest BCUT2D eigenvalue weighted by molar-refractivity contribution is 7.98. The number of hydrogen-bond acceptors (Lipinski definition) is 5. The van der Waals surface area contributed by atoms with Gasteiger partial charge in [0.1, 0.15) is 22.0 Å². The molecule has 2 aromatic heterocycles. The van der Waals surface area contributed by atoms with Gasteiger partial charge in [-0.2, -0.15) is 5.26 Å². The number of benzene rings is 1. The molecule has 0 aliphatic heterocycles. The quantitative estimate of drug-likeness (QED) is 0.520. The zero-order valence-corrected chi connectivity index (χ0v) is 13.8. The van der Waals surface area contributed by atoms with Gasteiger partial charge in [0.15, 0.2) is 0 Å². The second-order valence-electron chi connectivity index (χ2n) is 5.42. The van der Waals surface area contributed by atoms with Crippen molar-refractivity contribution in [3.8, 4) is 6.07 Å². The normalized spacial score (nSPS) is 13.2. The molecule has 0 radical (unpaired) electrons. The molecule has 1 aliphatic rings. The SMILES string of the molecule is N#Cc1ccc(F)c(CSc2ncnc3sc4c(c23)CCC4)c1. The number of hydrogen-bond donors (Lipinski definition) is 0. The second kappa shape index (κ2) is 5.91. The lowest BCUT2D eigenvalue weighted by atomic mass is 10.1. The van der Waals surface area contributed by atoms with Crippen molar-refractivity contribution in [1.29, 1.82) is 5.26 Å². The van der Waals surface area contributed by atoms with Crippen molar-refractivity contribution in [2.45, 2.75) is 30.0 Å². The maximum atomic E-state index is 13.9. The van der Waals surface area contributed by atoms with Crippen LogP contribution in [-0.4, -0.2) is 9.97 Å². The van der Waals surface area contributed by atoms with Crippen molar-refractivity contribution in [2.75, 3.05) is 0 Å². The van der Waals surface area contributed by atoms with E-state index in [1.807, 2.05) is 0 Å². The Morgan fingerprint density at radius 2 is 2.22 bits per heavy atom. The predicted octanol–water partition coefficient (Wildman–Crippen LogP) is 4.48. The Bertz CT molecular complexity index is 943. The number of thiophene rings is 1. The van der Waals surface area contributed by atoms with E-state index in [9.17, 15) is 4.39 Å². The highest BCUT2D eigenvalue weighted by Crippen LogP contribution is 2.40. The second-order valence-corrected chi connectivity index (χ2v) is 7.47. The van der Waals surface area contributed by atoms with Crippen LogP contribution in [0.15, 0.2) is 29.6 Å². The fourth-order valence-electron chi connectivity index (χ4n) is 2.91. The first kappa shape index (κ1) is 14.6. The first-order valence-corrected chi connectivity index (χ1v) is 9.13. The van der Waals surface area contributed by atoms with Gasteiger partial charge in [0.2, 0.25) is 0 Å². The third kappa shape index (κ3) is 2.60. The van der Waals surface area contributed by atoms with Crippen LogP contribution in [0.2, 0.25) is 0 Å². The Morgan fingerprint density at radius 1 is 1.30 bits per heavy atom. The molecule has 1 aromatic carbocycles. The summed E-state index contributed by atoms with van der Waals surface area (Å²) in [6.45, 7) is 0. The van der Waals surface area contributed by atoms with Crippen molar-refractivity contribution in [1.82, 2.24) is 9.97 Å². The first-order valence-electron chi connectivity index (χ1n) is 7.33. The van der Waals surface area contributed by atoms with Crippen LogP contribution >= 0.6 is 23.1 Å². The van der Waals surface area contributed by atoms with E-state index in [1.165, 1.54) is 40.8 Å². The number of aryl methyl sites for hydroxylation is 2. The van der Waals surface area contributed by atoms with Gasteiger partial charge in [-0.3, -0.25) is 0 Å². The Kier molecular flexibility index (Phi) is 3.76. The molecule has 3 nitrogen and oxygen atoms in total. The molecule has 0 fully saturated rings. The van der Waals surface area contributed by atoms with Gasteiger partial charge in [-0.05, 0) is 48.6 Å². The van der Waals surface area contributed by atoms with E-state index in [0.717, 1.165) is 28.1 Å². The molecule has 0 saturated carbocycles. The summed E-state index contributed by atoms with van der Waals surface area (Å²) in [5, 5.41) is 11.0. The number of thioether (sulfide) groups is 1. The molecule has 3 aromatic rings. The zero-order chi connectivity index (χ0) is 15.8. The first-order chi connectivity index (χ1) is 11.3. The number of nitriles is 1. The number of fused-ring (bicyclic) bond motifs is 3. The van der Waals surface area contributed by atoms with Crippen molar-refractivity contribution in [3.05, 3.63) is 51.9 Å². The molecule has 0 saturated heterocycles. The maximum absolute atomic E-state index is 13.9. The van der Waals surface area contributed by atoms with E-state index in [2.05, 4.69) is 16.0 Å². The summed E-state index contributed by atoms with van der Waals surface area (Å²) in [7, 11) is 0. The van der Waals surface area contributed by atoms with E-state index >= 15 is 0 Å². The van der Waals surface area contributed by atoms with Crippen LogP contribution in [0, 0.1) is 17.1 Å². The van der Waals surface area contributed by atoms with Gasteiger partial charge in [-0.25, -0.2) is 14.4 Å². The number of rotatable bonds is 3. The summed E-state index contributed by atoms with van der Waals surface area (Å²) >= 11 is 3.26.